The molecule has 1 aromatic carbocycles. The van der Waals surface area contributed by atoms with Gasteiger partial charge in [0.1, 0.15) is 6.10 Å². The lowest BCUT2D eigenvalue weighted by Gasteiger charge is -2.33. The Hall–Kier alpha value is -1.00. The molecule has 2 unspecified atom stereocenters. The van der Waals surface area contributed by atoms with Gasteiger partial charge >= 0.3 is 5.92 Å². The summed E-state index contributed by atoms with van der Waals surface area (Å²) in [4.78, 5) is 0. The third-order valence-corrected chi connectivity index (χ3v) is 3.30. The molecule has 2 nitrogen and oxygen atoms in total. The minimum Gasteiger partial charge on any atom is -0.382 e. The Labute approximate surface area is 98.9 Å². The number of hydrogen-bond donors (Lipinski definition) is 2. The molecule has 0 heterocycles. The van der Waals surface area contributed by atoms with E-state index in [1.807, 2.05) is 0 Å². The van der Waals surface area contributed by atoms with Gasteiger partial charge in [-0.05, 0) is 23.5 Å². The molecule has 1 aliphatic rings. The molecule has 0 radical (unpaired) electrons. The summed E-state index contributed by atoms with van der Waals surface area (Å²) < 4.78 is 28.1. The van der Waals surface area contributed by atoms with Crippen LogP contribution in [0.3, 0.4) is 0 Å². The van der Waals surface area contributed by atoms with Crippen LogP contribution in [-0.4, -0.2) is 16.1 Å². The maximum atomic E-state index is 14.0. The molecule has 2 rings (SSSR count). The van der Waals surface area contributed by atoms with Crippen LogP contribution < -0.4 is 0 Å². The number of benzene rings is 1. The Balaban J connectivity index is 2.57. The molecule has 0 spiro atoms. The molecular weight excluding hydrogens is 226 g/mol. The first-order valence-corrected chi connectivity index (χ1v) is 5.68. The third kappa shape index (κ3) is 1.58. The molecule has 1 aromatic rings. The van der Waals surface area contributed by atoms with Crippen LogP contribution >= 0.6 is 0 Å². The fourth-order valence-corrected chi connectivity index (χ4v) is 2.55. The highest BCUT2D eigenvalue weighted by Gasteiger charge is 2.64. The summed E-state index contributed by atoms with van der Waals surface area (Å²) in [6, 6.07) is 6.07. The van der Waals surface area contributed by atoms with Crippen LogP contribution in [0.25, 0.3) is 0 Å². The number of fused-ring (bicyclic) bond motifs is 1. The molecule has 0 aromatic heterocycles. The molecule has 1 aliphatic carbocycles. The smallest absolute Gasteiger partial charge is 0.309 e. The second-order valence-corrected chi connectivity index (χ2v) is 5.07. The van der Waals surface area contributed by atoms with E-state index in [1.165, 1.54) is 12.1 Å². The minimum absolute atomic E-state index is 0.0753. The average molecular weight is 242 g/mol. The second kappa shape index (κ2) is 3.75. The Morgan fingerprint density at radius 2 is 1.88 bits per heavy atom. The molecular formula is C13H16F2O2. The Morgan fingerprint density at radius 3 is 2.47 bits per heavy atom. The molecule has 0 aliphatic heterocycles. The maximum Gasteiger partial charge on any atom is 0.309 e. The molecule has 0 fully saturated rings. The van der Waals surface area contributed by atoms with E-state index in [1.54, 1.807) is 26.0 Å². The zero-order chi connectivity index (χ0) is 12.8. The summed E-state index contributed by atoms with van der Waals surface area (Å²) in [5.41, 5.74) is -2.00. The van der Waals surface area contributed by atoms with Crippen molar-refractivity contribution < 1.29 is 19.0 Å². The number of rotatable bonds is 2. The van der Waals surface area contributed by atoms with Crippen molar-refractivity contribution in [2.75, 3.05) is 0 Å². The van der Waals surface area contributed by atoms with E-state index in [4.69, 9.17) is 0 Å². The lowest BCUT2D eigenvalue weighted by molar-refractivity contribution is -0.229. The maximum absolute atomic E-state index is 14.0. The lowest BCUT2D eigenvalue weighted by Crippen LogP contribution is -2.44. The van der Waals surface area contributed by atoms with Crippen molar-refractivity contribution >= 4 is 0 Å². The van der Waals surface area contributed by atoms with Crippen LogP contribution in [0.15, 0.2) is 24.3 Å². The van der Waals surface area contributed by atoms with Gasteiger partial charge in [-0.1, -0.05) is 38.1 Å². The van der Waals surface area contributed by atoms with Gasteiger partial charge in [0, 0.05) is 0 Å². The molecule has 2 N–H and O–H groups in total. The summed E-state index contributed by atoms with van der Waals surface area (Å²) in [5, 5.41) is 19.9. The van der Waals surface area contributed by atoms with E-state index < -0.39 is 17.6 Å². The molecule has 0 bridgehead atoms. The van der Waals surface area contributed by atoms with Gasteiger partial charge < -0.3 is 10.2 Å². The number of hydrogen-bond acceptors (Lipinski definition) is 2. The van der Waals surface area contributed by atoms with Gasteiger partial charge in [0.2, 0.25) is 0 Å². The van der Waals surface area contributed by atoms with E-state index in [0.29, 0.717) is 0 Å². The average Bonchev–Trinajstić information content (AvgIpc) is 2.39. The standard InChI is InChI=1S/C13H16F2O2/c1-8(2)7-12(17)10-6-4-3-5-9(10)11(16)13(12,14)15/h3-6,8,11,16-17H,7H2,1-2H3. The van der Waals surface area contributed by atoms with E-state index >= 15 is 0 Å². The van der Waals surface area contributed by atoms with Gasteiger partial charge in [-0.3, -0.25) is 0 Å². The van der Waals surface area contributed by atoms with Crippen LogP contribution in [0.2, 0.25) is 0 Å². The predicted molar refractivity (Wildman–Crippen MR) is 59.7 cm³/mol. The zero-order valence-corrected chi connectivity index (χ0v) is 9.82. The van der Waals surface area contributed by atoms with Gasteiger partial charge in [0.15, 0.2) is 5.60 Å². The van der Waals surface area contributed by atoms with Crippen molar-refractivity contribution in [3.63, 3.8) is 0 Å². The largest absolute Gasteiger partial charge is 0.382 e. The third-order valence-electron chi connectivity index (χ3n) is 3.30. The van der Waals surface area contributed by atoms with E-state index in [9.17, 15) is 19.0 Å². The van der Waals surface area contributed by atoms with Crippen LogP contribution in [0, 0.1) is 5.92 Å². The molecule has 4 heteroatoms. The monoisotopic (exact) mass is 242 g/mol. The highest BCUT2D eigenvalue weighted by Crippen LogP contribution is 2.56. The zero-order valence-electron chi connectivity index (χ0n) is 9.82. The number of alkyl halides is 2. The fourth-order valence-electron chi connectivity index (χ4n) is 2.55. The molecule has 94 valence electrons. The summed E-state index contributed by atoms with van der Waals surface area (Å²) in [6.45, 7) is 3.53. The van der Waals surface area contributed by atoms with Crippen molar-refractivity contribution in [1.82, 2.24) is 0 Å². The molecule has 0 saturated carbocycles. The van der Waals surface area contributed by atoms with E-state index in [2.05, 4.69) is 0 Å². The normalized spacial score (nSPS) is 30.6. The van der Waals surface area contributed by atoms with Crippen molar-refractivity contribution in [3.8, 4) is 0 Å². The first-order chi connectivity index (χ1) is 7.80. The lowest BCUT2D eigenvalue weighted by atomic mass is 9.85. The van der Waals surface area contributed by atoms with Crippen molar-refractivity contribution in [2.45, 2.75) is 37.9 Å². The van der Waals surface area contributed by atoms with Gasteiger partial charge in [0.05, 0.1) is 0 Å². The van der Waals surface area contributed by atoms with E-state index in [0.717, 1.165) is 0 Å². The van der Waals surface area contributed by atoms with Gasteiger partial charge in [0.25, 0.3) is 0 Å². The van der Waals surface area contributed by atoms with E-state index in [-0.39, 0.29) is 23.5 Å². The number of halogens is 2. The van der Waals surface area contributed by atoms with Crippen LogP contribution in [0.1, 0.15) is 37.5 Å². The van der Waals surface area contributed by atoms with Crippen LogP contribution in [0.5, 0.6) is 0 Å². The summed E-state index contributed by atoms with van der Waals surface area (Å²) >= 11 is 0. The molecule has 17 heavy (non-hydrogen) atoms. The summed E-state index contributed by atoms with van der Waals surface area (Å²) in [6.07, 6.45) is -2.00. The van der Waals surface area contributed by atoms with Crippen molar-refractivity contribution in [1.29, 1.82) is 0 Å². The second-order valence-electron chi connectivity index (χ2n) is 5.07. The fraction of sp³-hybridized carbons (Fsp3) is 0.538. The quantitative estimate of drug-likeness (QED) is 0.836. The first-order valence-electron chi connectivity index (χ1n) is 5.68. The summed E-state index contributed by atoms with van der Waals surface area (Å²) in [5.74, 6) is -3.63. The van der Waals surface area contributed by atoms with Crippen molar-refractivity contribution in [2.24, 2.45) is 5.92 Å². The summed E-state index contributed by atoms with van der Waals surface area (Å²) in [7, 11) is 0. The minimum atomic E-state index is -3.54. The Kier molecular flexibility index (Phi) is 2.75. The highest BCUT2D eigenvalue weighted by atomic mass is 19.3. The first kappa shape index (κ1) is 12.5. The number of aliphatic hydroxyl groups excluding tert-OH is 1. The molecule has 0 amide bonds. The number of aliphatic hydroxyl groups is 2. The van der Waals surface area contributed by atoms with Gasteiger partial charge in [-0.15, -0.1) is 0 Å². The topological polar surface area (TPSA) is 40.5 Å². The Morgan fingerprint density at radius 1 is 1.29 bits per heavy atom. The SMILES string of the molecule is CC(C)CC1(O)c2ccccc2C(O)C1(F)F. The molecule has 2 atom stereocenters. The van der Waals surface area contributed by atoms with Crippen LogP contribution in [-0.2, 0) is 5.60 Å². The predicted octanol–water partition coefficient (Wildman–Crippen LogP) is 2.60. The van der Waals surface area contributed by atoms with Crippen LogP contribution in [0.4, 0.5) is 8.78 Å². The van der Waals surface area contributed by atoms with Gasteiger partial charge in [-0.25, -0.2) is 0 Å². The molecule has 0 saturated heterocycles. The Bertz CT molecular complexity index is 431. The highest BCUT2D eigenvalue weighted by molar-refractivity contribution is 5.43. The van der Waals surface area contributed by atoms with Gasteiger partial charge in [-0.2, -0.15) is 8.78 Å². The van der Waals surface area contributed by atoms with Crippen molar-refractivity contribution in [3.05, 3.63) is 35.4 Å².